The molecular formula is C20H23N3O4. The topological polar surface area (TPSA) is 92.5 Å². The van der Waals surface area contributed by atoms with Crippen LogP contribution in [0.5, 0.6) is 0 Å². The van der Waals surface area contributed by atoms with Crippen LogP contribution in [-0.4, -0.2) is 43.7 Å². The van der Waals surface area contributed by atoms with Crippen LogP contribution in [0.3, 0.4) is 0 Å². The number of aliphatic carboxylic acids is 1. The van der Waals surface area contributed by atoms with Gasteiger partial charge in [0.05, 0.1) is 11.1 Å². The molecule has 1 aromatic heterocycles. The summed E-state index contributed by atoms with van der Waals surface area (Å²) in [5.41, 5.74) is 0.348. The summed E-state index contributed by atoms with van der Waals surface area (Å²) in [5.74, 6) is -1.05. The van der Waals surface area contributed by atoms with E-state index in [1.54, 1.807) is 19.1 Å². The minimum Gasteiger partial charge on any atom is -0.480 e. The summed E-state index contributed by atoms with van der Waals surface area (Å²) in [6.07, 6.45) is 4.39. The fraction of sp³-hybridized carbons (Fsp3) is 0.500. The third-order valence-electron chi connectivity index (χ3n) is 6.00. The van der Waals surface area contributed by atoms with Crippen molar-refractivity contribution in [2.75, 3.05) is 0 Å². The number of aromatic nitrogens is 2. The lowest BCUT2D eigenvalue weighted by Crippen LogP contribution is -2.48. The van der Waals surface area contributed by atoms with E-state index >= 15 is 0 Å². The summed E-state index contributed by atoms with van der Waals surface area (Å²) in [6, 6.07) is 6.34. The van der Waals surface area contributed by atoms with Gasteiger partial charge in [0.15, 0.2) is 0 Å². The molecule has 2 aromatic rings. The molecule has 0 radical (unpaired) electrons. The van der Waals surface area contributed by atoms with Gasteiger partial charge in [0.25, 0.3) is 5.56 Å². The largest absolute Gasteiger partial charge is 0.480 e. The Morgan fingerprint density at radius 3 is 2.63 bits per heavy atom. The average molecular weight is 369 g/mol. The molecule has 142 valence electrons. The van der Waals surface area contributed by atoms with Crippen molar-refractivity contribution in [3.8, 4) is 0 Å². The molecule has 27 heavy (non-hydrogen) atoms. The number of carboxylic acids is 1. The van der Waals surface area contributed by atoms with Gasteiger partial charge in [0.1, 0.15) is 12.6 Å². The first-order chi connectivity index (χ1) is 13.0. The predicted molar refractivity (Wildman–Crippen MR) is 99.4 cm³/mol. The average Bonchev–Trinajstić information content (AvgIpc) is 3.06. The van der Waals surface area contributed by atoms with Crippen LogP contribution in [0.2, 0.25) is 0 Å². The molecule has 2 aliphatic rings. The van der Waals surface area contributed by atoms with Gasteiger partial charge in [-0.05, 0) is 38.2 Å². The maximum absolute atomic E-state index is 13.0. The standard InChI is InChI=1S/C20H23N3O4/c1-12-14-7-3-4-8-15(14)19(25)22(21-12)11-18(24)23-16-9-5-2-6-13(16)10-17(23)20(26)27/h3-4,7-8,13,16-17H,2,5-6,9-11H2,1H3,(H,26,27)/t13-,16-,17-/m0/s1. The van der Waals surface area contributed by atoms with Crippen molar-refractivity contribution in [2.45, 2.75) is 57.7 Å². The van der Waals surface area contributed by atoms with Gasteiger partial charge in [-0.3, -0.25) is 9.59 Å². The van der Waals surface area contributed by atoms with Crippen molar-refractivity contribution in [1.82, 2.24) is 14.7 Å². The Hall–Kier alpha value is -2.70. The van der Waals surface area contributed by atoms with E-state index in [-0.39, 0.29) is 30.0 Å². The van der Waals surface area contributed by atoms with Crippen LogP contribution < -0.4 is 5.56 Å². The normalized spacial score (nSPS) is 24.8. The minimum absolute atomic E-state index is 0.0374. The molecule has 1 aliphatic heterocycles. The molecule has 3 atom stereocenters. The Morgan fingerprint density at radius 2 is 1.89 bits per heavy atom. The lowest BCUT2D eigenvalue weighted by atomic mass is 9.85. The van der Waals surface area contributed by atoms with E-state index in [1.165, 1.54) is 9.58 Å². The van der Waals surface area contributed by atoms with Crippen molar-refractivity contribution in [1.29, 1.82) is 0 Å². The number of benzene rings is 1. The van der Waals surface area contributed by atoms with Crippen LogP contribution in [0.15, 0.2) is 29.1 Å². The Kier molecular flexibility index (Phi) is 4.45. The third-order valence-corrected chi connectivity index (χ3v) is 6.00. The Morgan fingerprint density at radius 1 is 1.19 bits per heavy atom. The Bertz CT molecular complexity index is 967. The summed E-state index contributed by atoms with van der Waals surface area (Å²) in [6.45, 7) is 1.58. The lowest BCUT2D eigenvalue weighted by Gasteiger charge is -2.33. The summed E-state index contributed by atoms with van der Waals surface area (Å²) < 4.78 is 1.18. The lowest BCUT2D eigenvalue weighted by molar-refractivity contribution is -0.150. The zero-order chi connectivity index (χ0) is 19.1. The fourth-order valence-electron chi connectivity index (χ4n) is 4.76. The van der Waals surface area contributed by atoms with Crippen LogP contribution >= 0.6 is 0 Å². The number of carboxylic acid groups (broad SMARTS) is 1. The van der Waals surface area contributed by atoms with Crippen LogP contribution in [0.1, 0.15) is 37.8 Å². The Balaban J connectivity index is 1.67. The van der Waals surface area contributed by atoms with Crippen LogP contribution in [0.4, 0.5) is 0 Å². The molecule has 2 heterocycles. The highest BCUT2D eigenvalue weighted by atomic mass is 16.4. The SMILES string of the molecule is Cc1nn(CC(=O)N2[C@H](C(=O)O)C[C@@H]3CCCC[C@@H]32)c(=O)c2ccccc12. The molecule has 0 spiro atoms. The summed E-state index contributed by atoms with van der Waals surface area (Å²) in [5, 5.41) is 15.2. The third kappa shape index (κ3) is 3.01. The van der Waals surface area contributed by atoms with E-state index in [0.717, 1.165) is 31.1 Å². The summed E-state index contributed by atoms with van der Waals surface area (Å²) in [7, 11) is 0. The Labute approximate surface area is 156 Å². The van der Waals surface area contributed by atoms with E-state index in [1.807, 2.05) is 12.1 Å². The van der Waals surface area contributed by atoms with E-state index < -0.39 is 12.0 Å². The van der Waals surface area contributed by atoms with Crippen molar-refractivity contribution in [3.63, 3.8) is 0 Å². The monoisotopic (exact) mass is 369 g/mol. The van der Waals surface area contributed by atoms with Gasteiger partial charge >= 0.3 is 5.97 Å². The molecule has 2 fully saturated rings. The van der Waals surface area contributed by atoms with Crippen molar-refractivity contribution >= 4 is 22.6 Å². The van der Waals surface area contributed by atoms with E-state index in [0.29, 0.717) is 17.5 Å². The molecule has 0 bridgehead atoms. The molecule has 1 amide bonds. The second-order valence-electron chi connectivity index (χ2n) is 7.60. The number of hydrogen-bond acceptors (Lipinski definition) is 4. The van der Waals surface area contributed by atoms with Gasteiger partial charge in [-0.2, -0.15) is 5.10 Å². The van der Waals surface area contributed by atoms with Crippen molar-refractivity contribution in [2.24, 2.45) is 5.92 Å². The minimum atomic E-state index is -0.965. The first kappa shape index (κ1) is 17.7. The molecule has 1 aromatic carbocycles. The van der Waals surface area contributed by atoms with E-state index in [4.69, 9.17) is 0 Å². The molecule has 1 saturated heterocycles. The van der Waals surface area contributed by atoms with Gasteiger partial charge < -0.3 is 10.0 Å². The quantitative estimate of drug-likeness (QED) is 0.893. The first-order valence-electron chi connectivity index (χ1n) is 9.48. The van der Waals surface area contributed by atoms with Gasteiger partial charge in [-0.25, -0.2) is 9.48 Å². The smallest absolute Gasteiger partial charge is 0.326 e. The van der Waals surface area contributed by atoms with Crippen molar-refractivity contribution in [3.05, 3.63) is 40.3 Å². The fourth-order valence-corrected chi connectivity index (χ4v) is 4.76. The number of nitrogens with zero attached hydrogens (tertiary/aromatic N) is 3. The number of carbonyl (C=O) groups excluding carboxylic acids is 1. The molecular weight excluding hydrogens is 346 g/mol. The second kappa shape index (κ2) is 6.79. The van der Waals surface area contributed by atoms with Gasteiger partial charge in [0, 0.05) is 11.4 Å². The van der Waals surface area contributed by atoms with Gasteiger partial charge in [-0.1, -0.05) is 31.0 Å². The van der Waals surface area contributed by atoms with Crippen molar-refractivity contribution < 1.29 is 14.7 Å². The number of likely N-dealkylation sites (tertiary alicyclic amines) is 1. The zero-order valence-corrected chi connectivity index (χ0v) is 15.3. The van der Waals surface area contributed by atoms with Gasteiger partial charge in [0.2, 0.25) is 5.91 Å². The molecule has 1 aliphatic carbocycles. The first-order valence-corrected chi connectivity index (χ1v) is 9.48. The summed E-state index contributed by atoms with van der Waals surface area (Å²) >= 11 is 0. The molecule has 4 rings (SSSR count). The maximum atomic E-state index is 13.0. The van der Waals surface area contributed by atoms with Crippen LogP contribution in [-0.2, 0) is 16.1 Å². The van der Waals surface area contributed by atoms with E-state index in [9.17, 15) is 19.5 Å². The highest BCUT2D eigenvalue weighted by Crippen LogP contribution is 2.39. The molecule has 1 saturated carbocycles. The number of amides is 1. The van der Waals surface area contributed by atoms with Gasteiger partial charge in [-0.15, -0.1) is 0 Å². The number of fused-ring (bicyclic) bond motifs is 2. The number of hydrogen-bond donors (Lipinski definition) is 1. The van der Waals surface area contributed by atoms with E-state index in [2.05, 4.69) is 5.10 Å². The molecule has 7 heteroatoms. The predicted octanol–water partition coefficient (Wildman–Crippen LogP) is 1.95. The highest BCUT2D eigenvalue weighted by molar-refractivity contribution is 5.86. The van der Waals surface area contributed by atoms with Crippen LogP contribution in [0, 0.1) is 12.8 Å². The number of carbonyl (C=O) groups is 2. The van der Waals surface area contributed by atoms with Crippen LogP contribution in [0.25, 0.3) is 10.8 Å². The second-order valence-corrected chi connectivity index (χ2v) is 7.60. The molecule has 7 nitrogen and oxygen atoms in total. The highest BCUT2D eigenvalue weighted by Gasteiger charge is 2.47. The zero-order valence-electron chi connectivity index (χ0n) is 15.3. The maximum Gasteiger partial charge on any atom is 0.326 e. The molecule has 1 N–H and O–H groups in total. The number of rotatable bonds is 3. The number of aryl methyl sites for hydroxylation is 1. The molecule has 0 unspecified atom stereocenters. The summed E-state index contributed by atoms with van der Waals surface area (Å²) in [4.78, 5) is 39.0.